The van der Waals surface area contributed by atoms with Crippen LogP contribution in [0.2, 0.25) is 0 Å². The Morgan fingerprint density at radius 3 is 2.63 bits per heavy atom. The molecule has 1 atom stereocenters. The van der Waals surface area contributed by atoms with Crippen LogP contribution < -0.4 is 11.1 Å². The maximum Gasteiger partial charge on any atom is 0.311 e. The zero-order chi connectivity index (χ0) is 14.3. The van der Waals surface area contributed by atoms with E-state index in [0.29, 0.717) is 32.5 Å². The molecule has 0 unspecified atom stereocenters. The molecule has 1 rings (SSSR count). The SMILES string of the molecule is CSCC[C@H](N)C(=O)NCC1(C(=O)O)CCOCC1. The molecular weight excluding hydrogens is 268 g/mol. The van der Waals surface area contributed by atoms with Crippen LogP contribution in [0.15, 0.2) is 0 Å². The summed E-state index contributed by atoms with van der Waals surface area (Å²) in [6.07, 6.45) is 3.38. The zero-order valence-corrected chi connectivity index (χ0v) is 12.0. The van der Waals surface area contributed by atoms with Gasteiger partial charge in [0.1, 0.15) is 0 Å². The molecule has 7 heteroatoms. The van der Waals surface area contributed by atoms with Crippen molar-refractivity contribution in [3.63, 3.8) is 0 Å². The zero-order valence-electron chi connectivity index (χ0n) is 11.2. The van der Waals surface area contributed by atoms with E-state index >= 15 is 0 Å². The van der Waals surface area contributed by atoms with E-state index in [4.69, 9.17) is 10.5 Å². The number of carboxylic acid groups (broad SMARTS) is 1. The second kappa shape index (κ2) is 7.72. The highest BCUT2D eigenvalue weighted by atomic mass is 32.2. The van der Waals surface area contributed by atoms with Crippen molar-refractivity contribution >= 4 is 23.6 Å². The van der Waals surface area contributed by atoms with Gasteiger partial charge in [-0.2, -0.15) is 11.8 Å². The van der Waals surface area contributed by atoms with Crippen molar-refractivity contribution in [1.29, 1.82) is 0 Å². The van der Waals surface area contributed by atoms with Gasteiger partial charge in [0.15, 0.2) is 0 Å². The lowest BCUT2D eigenvalue weighted by Crippen LogP contribution is -2.50. The summed E-state index contributed by atoms with van der Waals surface area (Å²) < 4.78 is 5.18. The molecule has 6 nitrogen and oxygen atoms in total. The highest BCUT2D eigenvalue weighted by molar-refractivity contribution is 7.98. The van der Waals surface area contributed by atoms with Crippen molar-refractivity contribution in [3.05, 3.63) is 0 Å². The number of ether oxygens (including phenoxy) is 1. The number of hydrogen-bond acceptors (Lipinski definition) is 5. The summed E-state index contributed by atoms with van der Waals surface area (Å²) in [5.74, 6) is -0.345. The van der Waals surface area contributed by atoms with E-state index in [-0.39, 0.29) is 12.5 Å². The van der Waals surface area contributed by atoms with Gasteiger partial charge in [-0.15, -0.1) is 0 Å². The van der Waals surface area contributed by atoms with Crippen molar-refractivity contribution in [2.75, 3.05) is 31.8 Å². The maximum atomic E-state index is 11.8. The molecule has 1 aliphatic heterocycles. The third-order valence-corrected chi connectivity index (χ3v) is 4.12. The number of nitrogens with two attached hydrogens (primary N) is 1. The Labute approximate surface area is 117 Å². The number of nitrogens with one attached hydrogen (secondary N) is 1. The Bertz CT molecular complexity index is 319. The second-order valence-corrected chi connectivity index (χ2v) is 5.79. The fourth-order valence-corrected chi connectivity index (χ4v) is 2.48. The van der Waals surface area contributed by atoms with E-state index in [9.17, 15) is 14.7 Å². The molecule has 1 heterocycles. The average Bonchev–Trinajstić information content (AvgIpc) is 2.42. The molecule has 0 radical (unpaired) electrons. The number of carbonyl (C=O) groups is 2. The Hall–Kier alpha value is -0.790. The molecule has 19 heavy (non-hydrogen) atoms. The van der Waals surface area contributed by atoms with E-state index in [1.165, 1.54) is 0 Å². The lowest BCUT2D eigenvalue weighted by Gasteiger charge is -2.33. The summed E-state index contributed by atoms with van der Waals surface area (Å²) in [5.41, 5.74) is 4.83. The molecule has 1 aliphatic rings. The van der Waals surface area contributed by atoms with Crippen molar-refractivity contribution in [2.24, 2.45) is 11.1 Å². The number of thioether (sulfide) groups is 1. The number of aliphatic carboxylic acids is 1. The largest absolute Gasteiger partial charge is 0.481 e. The van der Waals surface area contributed by atoms with E-state index in [1.54, 1.807) is 11.8 Å². The number of rotatable bonds is 7. The van der Waals surface area contributed by atoms with E-state index in [1.807, 2.05) is 6.26 Å². The van der Waals surface area contributed by atoms with E-state index in [0.717, 1.165) is 5.75 Å². The molecule has 0 aromatic heterocycles. The molecule has 4 N–H and O–H groups in total. The van der Waals surface area contributed by atoms with Gasteiger partial charge in [-0.3, -0.25) is 9.59 Å². The van der Waals surface area contributed by atoms with Gasteiger partial charge in [-0.25, -0.2) is 0 Å². The molecular formula is C12H22N2O4S. The molecule has 1 amide bonds. The van der Waals surface area contributed by atoms with Gasteiger partial charge in [-0.1, -0.05) is 0 Å². The van der Waals surface area contributed by atoms with Crippen LogP contribution >= 0.6 is 11.8 Å². The minimum atomic E-state index is -0.910. The van der Waals surface area contributed by atoms with Crippen LogP contribution in [0.3, 0.4) is 0 Å². The molecule has 0 saturated carbocycles. The van der Waals surface area contributed by atoms with Crippen molar-refractivity contribution < 1.29 is 19.4 Å². The van der Waals surface area contributed by atoms with Crippen LogP contribution in [-0.2, 0) is 14.3 Å². The Morgan fingerprint density at radius 1 is 1.47 bits per heavy atom. The van der Waals surface area contributed by atoms with Gasteiger partial charge in [0.2, 0.25) is 5.91 Å². The predicted octanol–water partition coefficient (Wildman–Crippen LogP) is 0.0644. The Balaban J connectivity index is 2.48. The number of hydrogen-bond donors (Lipinski definition) is 3. The smallest absolute Gasteiger partial charge is 0.311 e. The van der Waals surface area contributed by atoms with Crippen molar-refractivity contribution in [2.45, 2.75) is 25.3 Å². The number of carbonyl (C=O) groups excluding carboxylic acids is 1. The third-order valence-electron chi connectivity index (χ3n) is 3.47. The molecule has 0 spiro atoms. The fourth-order valence-electron chi connectivity index (χ4n) is 1.99. The van der Waals surface area contributed by atoms with E-state index < -0.39 is 17.4 Å². The summed E-state index contributed by atoms with van der Waals surface area (Å²) in [4.78, 5) is 23.2. The van der Waals surface area contributed by atoms with Gasteiger partial charge in [0, 0.05) is 19.8 Å². The standard InChI is InChI=1S/C12H22N2O4S/c1-19-7-2-9(13)10(15)14-8-12(11(16)17)3-5-18-6-4-12/h9H,2-8,13H2,1H3,(H,14,15)(H,16,17)/t9-/m0/s1. The Morgan fingerprint density at radius 2 is 2.11 bits per heavy atom. The van der Waals surface area contributed by atoms with E-state index in [2.05, 4.69) is 5.32 Å². The molecule has 1 fully saturated rings. The third kappa shape index (κ3) is 4.67. The summed E-state index contributed by atoms with van der Waals surface area (Å²) in [7, 11) is 0. The average molecular weight is 290 g/mol. The lowest BCUT2D eigenvalue weighted by molar-refractivity contribution is -0.154. The van der Waals surface area contributed by atoms with Gasteiger partial charge in [0.05, 0.1) is 11.5 Å². The summed E-state index contributed by atoms with van der Waals surface area (Å²) in [5, 5.41) is 12.0. The van der Waals surface area contributed by atoms with Crippen LogP contribution in [0, 0.1) is 5.41 Å². The molecule has 0 aliphatic carbocycles. The molecule has 0 aromatic carbocycles. The summed E-state index contributed by atoms with van der Waals surface area (Å²) in [6, 6.07) is -0.571. The van der Waals surface area contributed by atoms with Crippen molar-refractivity contribution in [3.8, 4) is 0 Å². The van der Waals surface area contributed by atoms with Crippen LogP contribution in [-0.4, -0.2) is 54.8 Å². The number of carboxylic acids is 1. The van der Waals surface area contributed by atoms with Crippen LogP contribution in [0.5, 0.6) is 0 Å². The number of amides is 1. The minimum Gasteiger partial charge on any atom is -0.481 e. The summed E-state index contributed by atoms with van der Waals surface area (Å²) >= 11 is 1.63. The van der Waals surface area contributed by atoms with Crippen LogP contribution in [0.1, 0.15) is 19.3 Å². The van der Waals surface area contributed by atoms with Gasteiger partial charge >= 0.3 is 5.97 Å². The molecule has 110 valence electrons. The first kappa shape index (κ1) is 16.3. The Kier molecular flexibility index (Phi) is 6.60. The van der Waals surface area contributed by atoms with Crippen molar-refractivity contribution in [1.82, 2.24) is 5.32 Å². The molecule has 1 saturated heterocycles. The normalized spacial score (nSPS) is 19.7. The highest BCUT2D eigenvalue weighted by Gasteiger charge is 2.40. The summed E-state index contributed by atoms with van der Waals surface area (Å²) in [6.45, 7) is 0.957. The van der Waals surface area contributed by atoms with Gasteiger partial charge < -0.3 is 20.9 Å². The minimum absolute atomic E-state index is 0.123. The fraction of sp³-hybridized carbons (Fsp3) is 0.833. The molecule has 0 aromatic rings. The molecule has 0 bridgehead atoms. The van der Waals surface area contributed by atoms with Gasteiger partial charge in [0.25, 0.3) is 0 Å². The maximum absolute atomic E-state index is 11.8. The first-order valence-electron chi connectivity index (χ1n) is 6.35. The lowest BCUT2D eigenvalue weighted by atomic mass is 9.80. The monoisotopic (exact) mass is 290 g/mol. The second-order valence-electron chi connectivity index (χ2n) is 4.80. The predicted molar refractivity (Wildman–Crippen MR) is 74.1 cm³/mol. The van der Waals surface area contributed by atoms with Crippen LogP contribution in [0.4, 0.5) is 0 Å². The first-order valence-corrected chi connectivity index (χ1v) is 7.74. The highest BCUT2D eigenvalue weighted by Crippen LogP contribution is 2.30. The quantitative estimate of drug-likeness (QED) is 0.613. The van der Waals surface area contributed by atoms with Crippen LogP contribution in [0.25, 0.3) is 0 Å². The first-order chi connectivity index (χ1) is 9.02. The van der Waals surface area contributed by atoms with Gasteiger partial charge in [-0.05, 0) is 31.3 Å². The topological polar surface area (TPSA) is 102 Å².